The lowest BCUT2D eigenvalue weighted by Crippen LogP contribution is -2.61. The Hall–Kier alpha value is -4.05. The van der Waals surface area contributed by atoms with Gasteiger partial charge in [0, 0.05) is 7.11 Å². The van der Waals surface area contributed by atoms with Gasteiger partial charge in [-0.2, -0.15) is 0 Å². The van der Waals surface area contributed by atoms with Crippen LogP contribution in [0.4, 0.5) is 0 Å². The lowest BCUT2D eigenvalue weighted by Gasteiger charge is -2.42. The second-order valence-corrected chi connectivity index (χ2v) is 8.21. The summed E-state index contributed by atoms with van der Waals surface area (Å²) in [6.07, 6.45) is -6.60. The molecule has 1 heterocycles. The summed E-state index contributed by atoms with van der Waals surface area (Å²) in [6.45, 7) is -0.369. The van der Waals surface area contributed by atoms with Crippen LogP contribution in [0.5, 0.6) is 0 Å². The average Bonchev–Trinajstić information content (AvgIpc) is 2.95. The molecular weight excluding hydrogens is 480 g/mol. The molecule has 0 unspecified atom stereocenters. The number of carbonyl (C=O) groups excluding carboxylic acids is 3. The lowest BCUT2D eigenvalue weighted by atomic mass is 9.98. The molecule has 0 radical (unpaired) electrons. The van der Waals surface area contributed by atoms with Crippen LogP contribution >= 0.6 is 0 Å². The monoisotopic (exact) mass is 506 g/mol. The summed E-state index contributed by atoms with van der Waals surface area (Å²) in [5.41, 5.74) is 0.779. The number of benzene rings is 3. The van der Waals surface area contributed by atoms with Crippen molar-refractivity contribution in [3.8, 4) is 0 Å². The van der Waals surface area contributed by atoms with E-state index in [1.807, 2.05) is 0 Å². The molecule has 0 aromatic heterocycles. The summed E-state index contributed by atoms with van der Waals surface area (Å²) in [6, 6.07) is 24.6. The van der Waals surface area contributed by atoms with Gasteiger partial charge in [-0.15, -0.1) is 0 Å². The van der Waals surface area contributed by atoms with Crippen LogP contribution in [0.3, 0.4) is 0 Å². The minimum absolute atomic E-state index is 0.232. The van der Waals surface area contributed by atoms with Gasteiger partial charge in [-0.05, 0) is 36.4 Å². The smallest absolute Gasteiger partial charge is 0.338 e. The molecule has 4 rings (SSSR count). The van der Waals surface area contributed by atoms with Crippen LogP contribution in [0, 0.1) is 0 Å². The zero-order valence-electron chi connectivity index (χ0n) is 20.0. The van der Waals surface area contributed by atoms with E-state index in [9.17, 15) is 19.5 Å². The van der Waals surface area contributed by atoms with Crippen LogP contribution in [0.15, 0.2) is 91.0 Å². The van der Waals surface area contributed by atoms with Crippen molar-refractivity contribution < 1.29 is 43.2 Å². The molecule has 0 saturated carbocycles. The van der Waals surface area contributed by atoms with Gasteiger partial charge in [-0.3, -0.25) is 0 Å². The van der Waals surface area contributed by atoms with Crippen molar-refractivity contribution in [1.82, 2.24) is 0 Å². The molecule has 37 heavy (non-hydrogen) atoms. The number of esters is 3. The summed E-state index contributed by atoms with van der Waals surface area (Å²) < 4.78 is 27.8. The van der Waals surface area contributed by atoms with Gasteiger partial charge >= 0.3 is 17.9 Å². The first-order valence-corrected chi connectivity index (χ1v) is 11.6. The Morgan fingerprint density at radius 2 is 1.14 bits per heavy atom. The highest BCUT2D eigenvalue weighted by atomic mass is 16.7. The summed E-state index contributed by atoms with van der Waals surface area (Å²) in [5.74, 6) is -2.12. The van der Waals surface area contributed by atoms with Crippen LogP contribution < -0.4 is 0 Å². The van der Waals surface area contributed by atoms with Crippen molar-refractivity contribution in [1.29, 1.82) is 0 Å². The third kappa shape index (κ3) is 6.39. The summed E-state index contributed by atoms with van der Waals surface area (Å²) in [5, 5.41) is 10.9. The highest BCUT2D eigenvalue weighted by molar-refractivity contribution is 5.90. The van der Waals surface area contributed by atoms with E-state index in [4.69, 9.17) is 23.7 Å². The summed E-state index contributed by atoms with van der Waals surface area (Å²) >= 11 is 0. The van der Waals surface area contributed by atoms with Crippen molar-refractivity contribution >= 4 is 17.9 Å². The van der Waals surface area contributed by atoms with E-state index in [1.54, 1.807) is 91.0 Å². The molecular formula is C28H26O9. The maximum atomic E-state index is 12.9. The van der Waals surface area contributed by atoms with Gasteiger partial charge in [0.15, 0.2) is 18.5 Å². The molecule has 0 bridgehead atoms. The normalized spacial score (nSPS) is 23.0. The van der Waals surface area contributed by atoms with E-state index in [-0.39, 0.29) is 17.7 Å². The first-order valence-electron chi connectivity index (χ1n) is 11.6. The van der Waals surface area contributed by atoms with Crippen LogP contribution in [0.25, 0.3) is 0 Å². The van der Waals surface area contributed by atoms with Gasteiger partial charge in [-0.25, -0.2) is 14.4 Å². The molecule has 3 aromatic rings. The second-order valence-electron chi connectivity index (χ2n) is 8.21. The van der Waals surface area contributed by atoms with Crippen molar-refractivity contribution in [2.24, 2.45) is 0 Å². The van der Waals surface area contributed by atoms with Gasteiger partial charge < -0.3 is 28.8 Å². The minimum atomic E-state index is -1.51. The molecule has 192 valence electrons. The zero-order valence-corrected chi connectivity index (χ0v) is 20.0. The minimum Gasteiger partial charge on any atom is -0.459 e. The maximum Gasteiger partial charge on any atom is 0.338 e. The Kier molecular flexibility index (Phi) is 8.63. The van der Waals surface area contributed by atoms with E-state index in [0.717, 1.165) is 0 Å². The number of ether oxygens (including phenoxy) is 5. The molecule has 1 fully saturated rings. The number of carbonyl (C=O) groups is 3. The quantitative estimate of drug-likeness (QED) is 0.363. The van der Waals surface area contributed by atoms with Crippen LogP contribution in [-0.2, 0) is 23.7 Å². The molecule has 9 nitrogen and oxygen atoms in total. The SMILES string of the molecule is CO[C@@H]1O[C@H](COC(=O)c2ccccc2)[C@@H](OC(=O)c2ccccc2)[C@H](OC(=O)c2ccccc2)[C@H]1O. The van der Waals surface area contributed by atoms with Gasteiger partial charge in [0.25, 0.3) is 0 Å². The van der Waals surface area contributed by atoms with Gasteiger partial charge in [-0.1, -0.05) is 54.6 Å². The Balaban J connectivity index is 1.60. The molecule has 0 aliphatic carbocycles. The predicted octanol–water partition coefficient (Wildman–Crippen LogP) is 3.03. The topological polar surface area (TPSA) is 118 Å². The molecule has 1 N–H and O–H groups in total. The van der Waals surface area contributed by atoms with Crippen LogP contribution in [0.2, 0.25) is 0 Å². The average molecular weight is 507 g/mol. The number of methoxy groups -OCH3 is 1. The molecule has 0 amide bonds. The summed E-state index contributed by atoms with van der Waals surface area (Å²) in [7, 11) is 1.30. The van der Waals surface area contributed by atoms with Crippen LogP contribution in [-0.4, -0.2) is 67.4 Å². The molecule has 0 spiro atoms. The molecule has 1 aliphatic rings. The fourth-order valence-corrected chi connectivity index (χ4v) is 3.85. The first kappa shape index (κ1) is 26.0. The van der Waals surface area contributed by atoms with E-state index in [0.29, 0.717) is 5.56 Å². The molecule has 5 atom stereocenters. The number of rotatable bonds is 8. The molecule has 3 aromatic carbocycles. The molecule has 1 aliphatic heterocycles. The third-order valence-corrected chi connectivity index (χ3v) is 5.74. The van der Waals surface area contributed by atoms with E-state index in [2.05, 4.69) is 0 Å². The van der Waals surface area contributed by atoms with Crippen LogP contribution in [0.1, 0.15) is 31.1 Å². The standard InChI is InChI=1S/C28H26O9/c1-33-28-22(29)24(37-27(32)20-15-9-4-10-16-20)23(36-26(31)19-13-7-3-8-14-19)21(35-28)17-34-25(30)18-11-5-2-6-12-18/h2-16,21-24,28-29H,17H2,1H3/t21-,22-,23-,24-,28-/m1/s1. The largest absolute Gasteiger partial charge is 0.459 e. The Labute approximate surface area is 213 Å². The number of aliphatic hydroxyl groups is 1. The van der Waals surface area contributed by atoms with Crippen molar-refractivity contribution in [2.75, 3.05) is 13.7 Å². The predicted molar refractivity (Wildman–Crippen MR) is 130 cm³/mol. The fraction of sp³-hybridized carbons (Fsp3) is 0.250. The van der Waals surface area contributed by atoms with Crippen molar-refractivity contribution in [3.63, 3.8) is 0 Å². The molecule has 9 heteroatoms. The summed E-state index contributed by atoms with van der Waals surface area (Å²) in [4.78, 5) is 38.4. The fourth-order valence-electron chi connectivity index (χ4n) is 3.85. The van der Waals surface area contributed by atoms with E-state index >= 15 is 0 Å². The van der Waals surface area contributed by atoms with Gasteiger partial charge in [0.05, 0.1) is 16.7 Å². The molecule has 1 saturated heterocycles. The number of aliphatic hydroxyl groups excluding tert-OH is 1. The Morgan fingerprint density at radius 3 is 1.59 bits per heavy atom. The van der Waals surface area contributed by atoms with E-state index in [1.165, 1.54) is 7.11 Å². The van der Waals surface area contributed by atoms with E-state index < -0.39 is 48.6 Å². The zero-order chi connectivity index (χ0) is 26.2. The lowest BCUT2D eigenvalue weighted by molar-refractivity contribution is -0.292. The number of hydrogen-bond acceptors (Lipinski definition) is 9. The van der Waals surface area contributed by atoms with Gasteiger partial charge in [0.1, 0.15) is 18.8 Å². The highest BCUT2D eigenvalue weighted by Gasteiger charge is 2.50. The Bertz CT molecular complexity index is 1180. The van der Waals surface area contributed by atoms with Crippen molar-refractivity contribution in [3.05, 3.63) is 108 Å². The third-order valence-electron chi connectivity index (χ3n) is 5.74. The highest BCUT2D eigenvalue weighted by Crippen LogP contribution is 2.28. The maximum absolute atomic E-state index is 12.9. The van der Waals surface area contributed by atoms with Crippen molar-refractivity contribution in [2.45, 2.75) is 30.7 Å². The first-order chi connectivity index (χ1) is 18.0. The number of hydrogen-bond donors (Lipinski definition) is 1. The Morgan fingerprint density at radius 1 is 0.703 bits per heavy atom. The second kappa shape index (κ2) is 12.3. The van der Waals surface area contributed by atoms with Gasteiger partial charge in [0.2, 0.25) is 0 Å².